The zero-order valence-corrected chi connectivity index (χ0v) is 14.4. The molecular weight excluding hydrogens is 314 g/mol. The van der Waals surface area contributed by atoms with Crippen LogP contribution in [-0.2, 0) is 0 Å². The van der Waals surface area contributed by atoms with E-state index in [2.05, 4.69) is 27.3 Å². The summed E-state index contributed by atoms with van der Waals surface area (Å²) in [6.45, 7) is 7.92. The molecule has 1 fully saturated rings. The molecule has 23 heavy (non-hydrogen) atoms. The molecule has 1 amide bonds. The number of nitrogens with zero attached hydrogens (tertiary/aromatic N) is 4. The van der Waals surface area contributed by atoms with Crippen molar-refractivity contribution in [3.63, 3.8) is 0 Å². The summed E-state index contributed by atoms with van der Waals surface area (Å²) >= 11 is 1.38. The number of hydrogen-bond donors (Lipinski definition) is 1. The molecule has 2 aromatic heterocycles. The number of aromatic nitrogens is 2. The van der Waals surface area contributed by atoms with Gasteiger partial charge in [0, 0.05) is 26.2 Å². The topological polar surface area (TPSA) is 70.6 Å². The van der Waals surface area contributed by atoms with Crippen molar-refractivity contribution >= 4 is 27.5 Å². The third-order valence-corrected chi connectivity index (χ3v) is 5.14. The largest absolute Gasteiger partial charge is 0.477 e. The van der Waals surface area contributed by atoms with Crippen molar-refractivity contribution in [2.45, 2.75) is 13.8 Å². The number of piperazine rings is 1. The first kappa shape index (κ1) is 16.1. The summed E-state index contributed by atoms with van der Waals surface area (Å²) in [5.74, 6) is 0.461. The van der Waals surface area contributed by atoms with E-state index in [0.717, 1.165) is 42.0 Å². The van der Waals surface area contributed by atoms with E-state index in [-0.39, 0.29) is 5.91 Å². The maximum Gasteiger partial charge on any atom is 0.276 e. The third-order valence-electron chi connectivity index (χ3n) is 3.94. The van der Waals surface area contributed by atoms with Crippen LogP contribution in [0.5, 0.6) is 5.88 Å². The first-order valence-electron chi connectivity index (χ1n) is 7.71. The van der Waals surface area contributed by atoms with E-state index >= 15 is 0 Å². The molecule has 0 spiro atoms. The number of rotatable bonds is 4. The Hall–Kier alpha value is -1.77. The maximum atomic E-state index is 12.6. The summed E-state index contributed by atoms with van der Waals surface area (Å²) in [6, 6.07) is 0. The number of carbonyl (C=O) groups is 1. The van der Waals surface area contributed by atoms with Gasteiger partial charge in [0.25, 0.3) is 5.91 Å². The second kappa shape index (κ2) is 6.77. The standard InChI is InChI=1S/C15H21N5O2S/c1-4-22-14-11-10(2)12(23-15(11)17-9-16-14)13(21)18-20-7-5-19(3)6-8-20/h9H,4-8H2,1-3H3,(H,18,21). The van der Waals surface area contributed by atoms with E-state index < -0.39 is 0 Å². The summed E-state index contributed by atoms with van der Waals surface area (Å²) in [5.41, 5.74) is 3.87. The molecule has 3 heterocycles. The molecule has 0 unspecified atom stereocenters. The lowest BCUT2D eigenvalue weighted by Crippen LogP contribution is -2.52. The molecule has 7 nitrogen and oxygen atoms in total. The van der Waals surface area contributed by atoms with Crippen LogP contribution in [0.4, 0.5) is 0 Å². The number of fused-ring (bicyclic) bond motifs is 1. The van der Waals surface area contributed by atoms with Crippen LogP contribution < -0.4 is 10.2 Å². The van der Waals surface area contributed by atoms with Crippen molar-refractivity contribution in [1.82, 2.24) is 25.3 Å². The molecule has 1 aliphatic heterocycles. The summed E-state index contributed by atoms with van der Waals surface area (Å²) in [5, 5.41) is 2.81. The minimum absolute atomic E-state index is 0.0856. The Morgan fingerprint density at radius 2 is 2.09 bits per heavy atom. The van der Waals surface area contributed by atoms with E-state index in [0.29, 0.717) is 17.4 Å². The van der Waals surface area contributed by atoms with Gasteiger partial charge in [0.1, 0.15) is 11.2 Å². The first-order valence-corrected chi connectivity index (χ1v) is 8.53. The summed E-state index contributed by atoms with van der Waals surface area (Å²) in [7, 11) is 2.09. The Balaban J connectivity index is 1.83. The number of thiophene rings is 1. The molecule has 0 radical (unpaired) electrons. The molecule has 124 valence electrons. The molecule has 2 aromatic rings. The highest BCUT2D eigenvalue weighted by Crippen LogP contribution is 2.34. The Kier molecular flexibility index (Phi) is 4.74. The molecule has 0 saturated carbocycles. The van der Waals surface area contributed by atoms with Gasteiger partial charge in [0.15, 0.2) is 0 Å². The smallest absolute Gasteiger partial charge is 0.276 e. The fourth-order valence-electron chi connectivity index (χ4n) is 2.61. The Bertz CT molecular complexity index is 709. The quantitative estimate of drug-likeness (QED) is 0.908. The van der Waals surface area contributed by atoms with Gasteiger partial charge in [-0.05, 0) is 26.5 Å². The summed E-state index contributed by atoms with van der Waals surface area (Å²) in [4.78, 5) is 24.8. The van der Waals surface area contributed by atoms with Gasteiger partial charge in [-0.1, -0.05) is 0 Å². The highest BCUT2D eigenvalue weighted by Gasteiger charge is 2.22. The van der Waals surface area contributed by atoms with Crippen molar-refractivity contribution < 1.29 is 9.53 Å². The van der Waals surface area contributed by atoms with E-state index in [1.165, 1.54) is 17.7 Å². The SMILES string of the molecule is CCOc1ncnc2sc(C(=O)NN3CCN(C)CC3)c(C)c12. The zero-order valence-electron chi connectivity index (χ0n) is 13.6. The van der Waals surface area contributed by atoms with Crippen molar-refractivity contribution in [2.24, 2.45) is 0 Å². The second-order valence-electron chi connectivity index (χ2n) is 5.58. The van der Waals surface area contributed by atoms with Crippen LogP contribution in [0.3, 0.4) is 0 Å². The van der Waals surface area contributed by atoms with E-state index in [1.54, 1.807) is 0 Å². The van der Waals surface area contributed by atoms with Crippen molar-refractivity contribution in [2.75, 3.05) is 39.8 Å². The number of hydrazine groups is 1. The monoisotopic (exact) mass is 335 g/mol. The predicted octanol–water partition coefficient (Wildman–Crippen LogP) is 1.29. The molecular formula is C15H21N5O2S. The van der Waals surface area contributed by atoms with Crippen LogP contribution in [-0.4, -0.2) is 65.6 Å². The lowest BCUT2D eigenvalue weighted by molar-refractivity contribution is 0.0666. The summed E-state index contributed by atoms with van der Waals surface area (Å²) < 4.78 is 5.56. The fourth-order valence-corrected chi connectivity index (χ4v) is 3.64. The van der Waals surface area contributed by atoms with Crippen LogP contribution in [0, 0.1) is 6.92 Å². The van der Waals surface area contributed by atoms with E-state index in [4.69, 9.17) is 4.74 Å². The van der Waals surface area contributed by atoms with Crippen LogP contribution in [0.25, 0.3) is 10.2 Å². The summed E-state index contributed by atoms with van der Waals surface area (Å²) in [6.07, 6.45) is 1.48. The van der Waals surface area contributed by atoms with Gasteiger partial charge >= 0.3 is 0 Å². The van der Waals surface area contributed by atoms with Crippen molar-refractivity contribution in [1.29, 1.82) is 0 Å². The maximum absolute atomic E-state index is 12.6. The molecule has 1 saturated heterocycles. The Labute approximate surface area is 139 Å². The lowest BCUT2D eigenvalue weighted by Gasteiger charge is -2.32. The molecule has 1 aliphatic rings. The Morgan fingerprint density at radius 1 is 1.35 bits per heavy atom. The van der Waals surface area contributed by atoms with E-state index in [1.807, 2.05) is 18.9 Å². The number of nitrogens with one attached hydrogen (secondary N) is 1. The molecule has 0 aliphatic carbocycles. The average molecular weight is 335 g/mol. The van der Waals surface area contributed by atoms with Crippen LogP contribution in [0.15, 0.2) is 6.33 Å². The number of carbonyl (C=O) groups excluding carboxylic acids is 1. The van der Waals surface area contributed by atoms with Gasteiger partial charge in [-0.3, -0.25) is 10.2 Å². The van der Waals surface area contributed by atoms with Gasteiger partial charge in [-0.2, -0.15) is 0 Å². The molecule has 0 aromatic carbocycles. The number of ether oxygens (including phenoxy) is 1. The lowest BCUT2D eigenvalue weighted by atomic mass is 10.2. The molecule has 0 atom stereocenters. The number of amides is 1. The minimum atomic E-state index is -0.0856. The van der Waals surface area contributed by atoms with Crippen molar-refractivity contribution in [3.05, 3.63) is 16.8 Å². The first-order chi connectivity index (χ1) is 11.1. The van der Waals surface area contributed by atoms with Gasteiger partial charge in [-0.25, -0.2) is 15.0 Å². The number of hydrogen-bond acceptors (Lipinski definition) is 7. The zero-order chi connectivity index (χ0) is 16.4. The van der Waals surface area contributed by atoms with Crippen LogP contribution in [0.1, 0.15) is 22.2 Å². The van der Waals surface area contributed by atoms with Crippen LogP contribution in [0.2, 0.25) is 0 Å². The second-order valence-corrected chi connectivity index (χ2v) is 6.58. The van der Waals surface area contributed by atoms with Crippen molar-refractivity contribution in [3.8, 4) is 5.88 Å². The average Bonchev–Trinajstić information content (AvgIpc) is 2.88. The predicted molar refractivity (Wildman–Crippen MR) is 89.9 cm³/mol. The van der Waals surface area contributed by atoms with Gasteiger partial charge in [0.2, 0.25) is 5.88 Å². The van der Waals surface area contributed by atoms with Gasteiger partial charge in [0.05, 0.1) is 16.9 Å². The van der Waals surface area contributed by atoms with E-state index in [9.17, 15) is 4.79 Å². The third kappa shape index (κ3) is 3.29. The minimum Gasteiger partial charge on any atom is -0.477 e. The highest BCUT2D eigenvalue weighted by atomic mass is 32.1. The Morgan fingerprint density at radius 3 is 2.78 bits per heavy atom. The normalized spacial score (nSPS) is 16.7. The highest BCUT2D eigenvalue weighted by molar-refractivity contribution is 7.20. The number of aryl methyl sites for hydroxylation is 1. The van der Waals surface area contributed by atoms with Gasteiger partial charge in [-0.15, -0.1) is 11.3 Å². The van der Waals surface area contributed by atoms with Gasteiger partial charge < -0.3 is 9.64 Å². The molecule has 8 heteroatoms. The molecule has 1 N–H and O–H groups in total. The number of likely N-dealkylation sites (N-methyl/N-ethyl adjacent to an activating group) is 1. The molecule has 3 rings (SSSR count). The molecule has 0 bridgehead atoms. The fraction of sp³-hybridized carbons (Fsp3) is 0.533. The van der Waals surface area contributed by atoms with Crippen LogP contribution >= 0.6 is 11.3 Å².